The van der Waals surface area contributed by atoms with Crippen molar-refractivity contribution < 1.29 is 4.74 Å². The zero-order valence-electron chi connectivity index (χ0n) is 15.7. The third-order valence-corrected chi connectivity index (χ3v) is 5.28. The Bertz CT molecular complexity index is 956. The van der Waals surface area contributed by atoms with E-state index in [2.05, 4.69) is 52.8 Å². The van der Waals surface area contributed by atoms with E-state index in [-0.39, 0.29) is 0 Å². The van der Waals surface area contributed by atoms with E-state index >= 15 is 0 Å². The van der Waals surface area contributed by atoms with Gasteiger partial charge in [-0.25, -0.2) is 0 Å². The summed E-state index contributed by atoms with van der Waals surface area (Å²) < 4.78 is 8.06. The van der Waals surface area contributed by atoms with Crippen molar-refractivity contribution in [2.75, 3.05) is 27.2 Å². The number of nitrogens with zero attached hydrogens (tertiary/aromatic N) is 3. The molecule has 0 saturated carbocycles. The molecule has 0 fully saturated rings. The number of aryl methyl sites for hydroxylation is 1. The van der Waals surface area contributed by atoms with Crippen LogP contribution < -0.4 is 0 Å². The van der Waals surface area contributed by atoms with Crippen molar-refractivity contribution in [1.29, 1.82) is 0 Å². The molecule has 0 bridgehead atoms. The lowest BCUT2D eigenvalue weighted by Gasteiger charge is -2.13. The van der Waals surface area contributed by atoms with Crippen molar-refractivity contribution in [2.24, 2.45) is 0 Å². The van der Waals surface area contributed by atoms with Crippen LogP contribution in [0.15, 0.2) is 42.7 Å². The topological polar surface area (TPSA) is 30.3 Å². The Morgan fingerprint density at radius 1 is 1.12 bits per heavy atom. The third-order valence-electron chi connectivity index (χ3n) is 5.28. The summed E-state index contributed by atoms with van der Waals surface area (Å²) in [6, 6.07) is 10.7. The molecule has 26 heavy (non-hydrogen) atoms. The number of aromatic nitrogens is 2. The summed E-state index contributed by atoms with van der Waals surface area (Å²) in [6.45, 7) is 4.35. The van der Waals surface area contributed by atoms with Crippen LogP contribution >= 0.6 is 0 Å². The summed E-state index contributed by atoms with van der Waals surface area (Å²) in [5, 5.41) is 1.37. The quantitative estimate of drug-likeness (QED) is 0.672. The second-order valence-electron chi connectivity index (χ2n) is 7.05. The van der Waals surface area contributed by atoms with E-state index in [4.69, 9.17) is 4.74 Å². The minimum absolute atomic E-state index is 0.852. The molecule has 1 aliphatic rings. The Balaban J connectivity index is 1.93. The molecule has 0 saturated heterocycles. The van der Waals surface area contributed by atoms with E-state index in [0.29, 0.717) is 0 Å². The maximum atomic E-state index is 5.73. The number of ether oxygens (including phenoxy) is 1. The van der Waals surface area contributed by atoms with E-state index in [1.165, 1.54) is 27.7 Å². The highest BCUT2D eigenvalue weighted by molar-refractivity contribution is 5.90. The SMILES string of the molecule is COC(=Cn1c2c(c3cc(C)ccc31)CCN(C)CC2)c1ccncc1. The number of hydrogen-bond acceptors (Lipinski definition) is 3. The fourth-order valence-corrected chi connectivity index (χ4v) is 3.84. The van der Waals surface area contributed by atoms with Gasteiger partial charge in [0.15, 0.2) is 0 Å². The van der Waals surface area contributed by atoms with E-state index in [1.54, 1.807) is 19.5 Å². The molecule has 1 aromatic carbocycles. The Kier molecular flexibility index (Phi) is 4.51. The number of benzene rings is 1. The second kappa shape index (κ2) is 6.96. The predicted molar refractivity (Wildman–Crippen MR) is 107 cm³/mol. The molecular formula is C22H25N3O. The molecule has 3 aromatic rings. The molecule has 134 valence electrons. The van der Waals surface area contributed by atoms with Crippen LogP contribution in [-0.4, -0.2) is 41.7 Å². The van der Waals surface area contributed by atoms with Gasteiger partial charge < -0.3 is 14.2 Å². The van der Waals surface area contributed by atoms with E-state index in [0.717, 1.165) is 37.3 Å². The maximum absolute atomic E-state index is 5.73. The van der Waals surface area contributed by atoms with Gasteiger partial charge in [0.05, 0.1) is 18.8 Å². The van der Waals surface area contributed by atoms with Crippen molar-refractivity contribution in [3.05, 3.63) is 65.1 Å². The molecule has 4 heteroatoms. The lowest BCUT2D eigenvalue weighted by atomic mass is 10.1. The van der Waals surface area contributed by atoms with Crippen molar-refractivity contribution in [3.8, 4) is 0 Å². The summed E-state index contributed by atoms with van der Waals surface area (Å²) in [7, 11) is 3.94. The van der Waals surface area contributed by atoms with Gasteiger partial charge in [0.1, 0.15) is 5.76 Å². The zero-order chi connectivity index (χ0) is 18.1. The Morgan fingerprint density at radius 3 is 2.65 bits per heavy atom. The second-order valence-corrected chi connectivity index (χ2v) is 7.05. The lowest BCUT2D eigenvalue weighted by molar-refractivity contribution is 0.351. The molecule has 0 amide bonds. The molecule has 0 atom stereocenters. The van der Waals surface area contributed by atoms with Gasteiger partial charge in [0, 0.05) is 48.5 Å². The van der Waals surface area contributed by atoms with Crippen LogP contribution in [0.2, 0.25) is 0 Å². The summed E-state index contributed by atoms with van der Waals surface area (Å²) in [5.74, 6) is 0.852. The first-order valence-electron chi connectivity index (χ1n) is 9.14. The van der Waals surface area contributed by atoms with Gasteiger partial charge in [0.2, 0.25) is 0 Å². The summed E-state index contributed by atoms with van der Waals surface area (Å²) in [6.07, 6.45) is 7.87. The Morgan fingerprint density at radius 2 is 1.88 bits per heavy atom. The average Bonchev–Trinajstić information content (AvgIpc) is 2.80. The largest absolute Gasteiger partial charge is 0.495 e. The predicted octanol–water partition coefficient (Wildman–Crippen LogP) is 3.98. The Hall–Kier alpha value is -2.59. The first-order valence-corrected chi connectivity index (χ1v) is 9.14. The highest BCUT2D eigenvalue weighted by atomic mass is 16.5. The van der Waals surface area contributed by atoms with Crippen molar-refractivity contribution in [1.82, 2.24) is 14.5 Å². The monoisotopic (exact) mass is 347 g/mol. The van der Waals surface area contributed by atoms with Crippen LogP contribution in [0, 0.1) is 6.92 Å². The number of rotatable bonds is 3. The van der Waals surface area contributed by atoms with Crippen molar-refractivity contribution >= 4 is 22.9 Å². The molecule has 2 aromatic heterocycles. The molecule has 3 heterocycles. The highest BCUT2D eigenvalue weighted by Gasteiger charge is 2.20. The molecule has 1 aliphatic heterocycles. The van der Waals surface area contributed by atoms with Crippen molar-refractivity contribution in [2.45, 2.75) is 19.8 Å². The van der Waals surface area contributed by atoms with Gasteiger partial charge in [-0.15, -0.1) is 0 Å². The first-order chi connectivity index (χ1) is 12.7. The zero-order valence-corrected chi connectivity index (χ0v) is 15.7. The summed E-state index contributed by atoms with van der Waals surface area (Å²) >= 11 is 0. The summed E-state index contributed by atoms with van der Waals surface area (Å²) in [4.78, 5) is 6.53. The van der Waals surface area contributed by atoms with Crippen LogP contribution in [-0.2, 0) is 17.6 Å². The van der Waals surface area contributed by atoms with E-state index in [9.17, 15) is 0 Å². The lowest BCUT2D eigenvalue weighted by Crippen LogP contribution is -2.21. The molecular weight excluding hydrogens is 322 g/mol. The maximum Gasteiger partial charge on any atom is 0.142 e. The van der Waals surface area contributed by atoms with E-state index in [1.807, 2.05) is 12.1 Å². The minimum Gasteiger partial charge on any atom is -0.495 e. The number of methoxy groups -OCH3 is 1. The van der Waals surface area contributed by atoms with Gasteiger partial charge >= 0.3 is 0 Å². The smallest absolute Gasteiger partial charge is 0.142 e. The summed E-state index contributed by atoms with van der Waals surface area (Å²) in [5.41, 5.74) is 6.48. The Labute approximate surface area is 154 Å². The van der Waals surface area contributed by atoms with Crippen LogP contribution in [0.3, 0.4) is 0 Å². The number of likely N-dealkylation sites (N-methyl/N-ethyl adjacent to an activating group) is 1. The van der Waals surface area contributed by atoms with E-state index < -0.39 is 0 Å². The number of pyridine rings is 1. The van der Waals surface area contributed by atoms with Crippen LogP contribution in [0.5, 0.6) is 0 Å². The first kappa shape index (κ1) is 16.9. The molecule has 4 rings (SSSR count). The van der Waals surface area contributed by atoms with Crippen LogP contribution in [0.25, 0.3) is 22.9 Å². The third kappa shape index (κ3) is 3.01. The number of fused-ring (bicyclic) bond motifs is 3. The molecule has 0 aliphatic carbocycles. The van der Waals surface area contributed by atoms with Gasteiger partial charge in [-0.2, -0.15) is 0 Å². The fraction of sp³-hybridized carbons (Fsp3) is 0.318. The van der Waals surface area contributed by atoms with Crippen LogP contribution in [0.4, 0.5) is 0 Å². The number of hydrogen-bond donors (Lipinski definition) is 0. The normalized spacial score (nSPS) is 15.7. The highest BCUT2D eigenvalue weighted by Crippen LogP contribution is 2.31. The van der Waals surface area contributed by atoms with Gasteiger partial charge in [-0.3, -0.25) is 4.98 Å². The fourth-order valence-electron chi connectivity index (χ4n) is 3.84. The molecule has 0 radical (unpaired) electrons. The van der Waals surface area contributed by atoms with Gasteiger partial charge in [-0.1, -0.05) is 11.6 Å². The van der Waals surface area contributed by atoms with Crippen molar-refractivity contribution in [3.63, 3.8) is 0 Å². The molecule has 0 spiro atoms. The standard InChI is InChI=1S/C22H25N3O/c1-16-4-5-20-19(14-16)18-8-12-24(2)13-9-21(18)25(20)15-22(26-3)17-6-10-23-11-7-17/h4-7,10-11,14-15H,8-9,12-13H2,1-3H3. The van der Waals surface area contributed by atoms with Crippen LogP contribution in [0.1, 0.15) is 22.4 Å². The average molecular weight is 347 g/mol. The minimum atomic E-state index is 0.852. The van der Waals surface area contributed by atoms with Gasteiger partial charge in [0.25, 0.3) is 0 Å². The van der Waals surface area contributed by atoms with Gasteiger partial charge in [-0.05, 0) is 50.2 Å². The molecule has 0 unspecified atom stereocenters. The molecule has 4 nitrogen and oxygen atoms in total. The molecule has 0 N–H and O–H groups in total.